The van der Waals surface area contributed by atoms with Crippen LogP contribution in [0.1, 0.15) is 26.3 Å². The van der Waals surface area contributed by atoms with Crippen molar-refractivity contribution in [3.63, 3.8) is 0 Å². The van der Waals surface area contributed by atoms with Crippen LogP contribution in [0, 0.1) is 5.92 Å². The minimum Gasteiger partial charge on any atom is -0.354 e. The molecule has 0 saturated heterocycles. The lowest BCUT2D eigenvalue weighted by Gasteiger charge is -2.18. The summed E-state index contributed by atoms with van der Waals surface area (Å²) in [5.41, 5.74) is 1.12. The Kier molecular flexibility index (Phi) is 6.64. The van der Waals surface area contributed by atoms with Crippen molar-refractivity contribution in [2.45, 2.75) is 33.2 Å². The summed E-state index contributed by atoms with van der Waals surface area (Å²) in [6.07, 6.45) is 0.666. The van der Waals surface area contributed by atoms with E-state index in [9.17, 15) is 9.59 Å². The Morgan fingerprint density at radius 2 is 1.84 bits per heavy atom. The van der Waals surface area contributed by atoms with Crippen molar-refractivity contribution in [3.05, 3.63) is 35.9 Å². The van der Waals surface area contributed by atoms with Gasteiger partial charge in [-0.2, -0.15) is 0 Å². The average Bonchev–Trinajstić information content (AvgIpc) is 2.34. The molecule has 0 aromatic heterocycles. The zero-order chi connectivity index (χ0) is 14.3. The third kappa shape index (κ3) is 6.43. The average molecular weight is 279 g/mol. The van der Waals surface area contributed by atoms with Crippen LogP contribution in [0.25, 0.3) is 0 Å². The molecule has 104 valence electrons. The molecule has 0 aliphatic carbocycles. The minimum absolute atomic E-state index is 0.0209. The highest BCUT2D eigenvalue weighted by atomic mass is 32.2. The van der Waals surface area contributed by atoms with Gasteiger partial charge in [0.15, 0.2) is 5.12 Å². The summed E-state index contributed by atoms with van der Waals surface area (Å²) in [6, 6.07) is 10.0. The summed E-state index contributed by atoms with van der Waals surface area (Å²) in [4.78, 5) is 23.2. The maximum atomic E-state index is 12.1. The van der Waals surface area contributed by atoms with E-state index in [1.54, 1.807) is 0 Å². The summed E-state index contributed by atoms with van der Waals surface area (Å²) in [6.45, 7) is 5.41. The smallest absolute Gasteiger partial charge is 0.224 e. The Morgan fingerprint density at radius 1 is 1.21 bits per heavy atom. The van der Waals surface area contributed by atoms with Crippen molar-refractivity contribution in [1.29, 1.82) is 0 Å². The number of rotatable bonds is 6. The van der Waals surface area contributed by atoms with Crippen LogP contribution in [0.15, 0.2) is 30.3 Å². The molecule has 0 spiro atoms. The quantitative estimate of drug-likeness (QED) is 0.871. The third-order valence-electron chi connectivity index (χ3n) is 2.61. The molecule has 0 saturated carbocycles. The van der Waals surface area contributed by atoms with Crippen LogP contribution in [-0.2, 0) is 16.0 Å². The fraction of sp³-hybridized carbons (Fsp3) is 0.467. The van der Waals surface area contributed by atoms with Gasteiger partial charge in [-0.25, -0.2) is 0 Å². The first kappa shape index (κ1) is 15.8. The maximum Gasteiger partial charge on any atom is 0.224 e. The number of nitrogens with one attached hydrogen (secondary N) is 1. The SMILES string of the molecule is CC(=O)SCC(Cc1ccccc1)C(=O)NC(C)C. The monoisotopic (exact) mass is 279 g/mol. The van der Waals surface area contributed by atoms with E-state index in [4.69, 9.17) is 0 Å². The van der Waals surface area contributed by atoms with E-state index in [2.05, 4.69) is 5.32 Å². The number of thioether (sulfide) groups is 1. The van der Waals surface area contributed by atoms with E-state index in [1.807, 2.05) is 44.2 Å². The number of hydrogen-bond acceptors (Lipinski definition) is 3. The summed E-state index contributed by atoms with van der Waals surface area (Å²) in [7, 11) is 0. The molecule has 0 radical (unpaired) electrons. The van der Waals surface area contributed by atoms with Gasteiger partial charge in [-0.1, -0.05) is 42.1 Å². The Labute approximate surface area is 119 Å². The molecule has 1 rings (SSSR count). The van der Waals surface area contributed by atoms with Crippen LogP contribution >= 0.6 is 11.8 Å². The number of carbonyl (C=O) groups is 2. The molecule has 0 bridgehead atoms. The predicted molar refractivity (Wildman–Crippen MR) is 80.1 cm³/mol. The first-order valence-electron chi connectivity index (χ1n) is 6.46. The van der Waals surface area contributed by atoms with Gasteiger partial charge in [-0.15, -0.1) is 0 Å². The van der Waals surface area contributed by atoms with Crippen molar-refractivity contribution in [1.82, 2.24) is 5.32 Å². The van der Waals surface area contributed by atoms with Gasteiger partial charge < -0.3 is 5.32 Å². The number of carbonyl (C=O) groups excluding carboxylic acids is 2. The summed E-state index contributed by atoms with van der Waals surface area (Å²) in [5.74, 6) is 0.384. The molecule has 19 heavy (non-hydrogen) atoms. The minimum atomic E-state index is -0.168. The first-order chi connectivity index (χ1) is 8.99. The van der Waals surface area contributed by atoms with Gasteiger partial charge in [0.05, 0.1) is 5.92 Å². The van der Waals surface area contributed by atoms with Crippen LogP contribution in [0.2, 0.25) is 0 Å². The van der Waals surface area contributed by atoms with E-state index >= 15 is 0 Å². The van der Waals surface area contributed by atoms with Crippen molar-refractivity contribution < 1.29 is 9.59 Å². The third-order valence-corrected chi connectivity index (χ3v) is 3.59. The fourth-order valence-corrected chi connectivity index (χ4v) is 2.45. The molecule has 0 aliphatic heterocycles. The Hall–Kier alpha value is -1.29. The van der Waals surface area contributed by atoms with Crippen LogP contribution in [0.5, 0.6) is 0 Å². The molecule has 0 fully saturated rings. The van der Waals surface area contributed by atoms with Crippen LogP contribution in [-0.4, -0.2) is 22.8 Å². The Bertz CT molecular complexity index is 417. The van der Waals surface area contributed by atoms with Crippen LogP contribution < -0.4 is 5.32 Å². The summed E-state index contributed by atoms with van der Waals surface area (Å²) < 4.78 is 0. The van der Waals surface area contributed by atoms with Gasteiger partial charge in [0.25, 0.3) is 0 Å². The van der Waals surface area contributed by atoms with Gasteiger partial charge in [0.2, 0.25) is 5.91 Å². The van der Waals surface area contributed by atoms with Gasteiger partial charge in [-0.05, 0) is 25.8 Å². The second-order valence-corrected chi connectivity index (χ2v) is 6.05. The second-order valence-electron chi connectivity index (χ2n) is 4.85. The molecular formula is C15H21NO2S. The molecule has 1 N–H and O–H groups in total. The highest BCUT2D eigenvalue weighted by molar-refractivity contribution is 8.13. The predicted octanol–water partition coefficient (Wildman–Crippen LogP) is 2.65. The Morgan fingerprint density at radius 3 is 2.37 bits per heavy atom. The molecule has 1 aromatic carbocycles. The largest absolute Gasteiger partial charge is 0.354 e. The standard InChI is InChI=1S/C15H21NO2S/c1-11(2)16-15(18)14(10-19-12(3)17)9-13-7-5-4-6-8-13/h4-8,11,14H,9-10H2,1-3H3,(H,16,18). The maximum absolute atomic E-state index is 12.1. The lowest BCUT2D eigenvalue weighted by molar-refractivity contribution is -0.124. The Balaban J connectivity index is 2.68. The normalized spacial score (nSPS) is 12.2. The lowest BCUT2D eigenvalue weighted by Crippen LogP contribution is -2.37. The lowest BCUT2D eigenvalue weighted by atomic mass is 10.00. The molecular weight excluding hydrogens is 258 g/mol. The topological polar surface area (TPSA) is 46.2 Å². The zero-order valence-corrected chi connectivity index (χ0v) is 12.5. The molecule has 1 amide bonds. The molecule has 0 heterocycles. The van der Waals surface area contributed by atoms with E-state index in [0.29, 0.717) is 12.2 Å². The van der Waals surface area contributed by atoms with Gasteiger partial charge in [-0.3, -0.25) is 9.59 Å². The van der Waals surface area contributed by atoms with E-state index in [0.717, 1.165) is 5.56 Å². The zero-order valence-electron chi connectivity index (χ0n) is 11.7. The molecule has 0 aliphatic rings. The number of benzene rings is 1. The summed E-state index contributed by atoms with van der Waals surface area (Å²) in [5, 5.41) is 2.97. The highest BCUT2D eigenvalue weighted by Gasteiger charge is 2.20. The molecule has 1 atom stereocenters. The van der Waals surface area contributed by atoms with Gasteiger partial charge >= 0.3 is 0 Å². The van der Waals surface area contributed by atoms with Crippen molar-refractivity contribution in [2.24, 2.45) is 5.92 Å². The van der Waals surface area contributed by atoms with Crippen LogP contribution in [0.3, 0.4) is 0 Å². The van der Waals surface area contributed by atoms with Crippen molar-refractivity contribution >= 4 is 22.8 Å². The molecule has 4 heteroatoms. The van der Waals surface area contributed by atoms with Crippen molar-refractivity contribution in [3.8, 4) is 0 Å². The van der Waals surface area contributed by atoms with E-state index in [1.165, 1.54) is 18.7 Å². The molecule has 1 unspecified atom stereocenters. The van der Waals surface area contributed by atoms with E-state index in [-0.39, 0.29) is 23.0 Å². The van der Waals surface area contributed by atoms with Crippen LogP contribution in [0.4, 0.5) is 0 Å². The van der Waals surface area contributed by atoms with Gasteiger partial charge in [0.1, 0.15) is 0 Å². The number of amides is 1. The van der Waals surface area contributed by atoms with Gasteiger partial charge in [0, 0.05) is 18.7 Å². The summed E-state index contributed by atoms with van der Waals surface area (Å²) >= 11 is 1.21. The molecule has 3 nitrogen and oxygen atoms in total. The van der Waals surface area contributed by atoms with E-state index < -0.39 is 0 Å². The number of hydrogen-bond donors (Lipinski definition) is 1. The first-order valence-corrected chi connectivity index (χ1v) is 7.45. The molecule has 1 aromatic rings. The van der Waals surface area contributed by atoms with Crippen molar-refractivity contribution in [2.75, 3.05) is 5.75 Å². The highest BCUT2D eigenvalue weighted by Crippen LogP contribution is 2.16. The second kappa shape index (κ2) is 8.00. The fourth-order valence-electron chi connectivity index (χ4n) is 1.75.